The van der Waals surface area contributed by atoms with E-state index in [1.54, 1.807) is 30.8 Å². The van der Waals surface area contributed by atoms with E-state index >= 15 is 0 Å². The van der Waals surface area contributed by atoms with E-state index in [0.717, 1.165) is 16.6 Å². The molecule has 9 nitrogen and oxygen atoms in total. The maximum atomic E-state index is 12.2. The van der Waals surface area contributed by atoms with Crippen molar-refractivity contribution in [2.45, 2.75) is 26.3 Å². The van der Waals surface area contributed by atoms with Crippen LogP contribution in [0.25, 0.3) is 27.9 Å². The van der Waals surface area contributed by atoms with Crippen LogP contribution in [0.4, 0.5) is 4.79 Å². The second-order valence-electron chi connectivity index (χ2n) is 7.29. The smallest absolute Gasteiger partial charge is 0.406 e. The predicted molar refractivity (Wildman–Crippen MR) is 109 cm³/mol. The lowest BCUT2D eigenvalue weighted by atomic mass is 10.1. The van der Waals surface area contributed by atoms with Gasteiger partial charge in [0.15, 0.2) is 22.7 Å². The number of H-pyrrole nitrogens is 1. The molecule has 3 heterocycles. The molecule has 0 atom stereocenters. The molecule has 0 radical (unpaired) electrons. The number of hydrogen-bond acceptors (Lipinski definition) is 6. The van der Waals surface area contributed by atoms with E-state index < -0.39 is 11.6 Å². The van der Waals surface area contributed by atoms with Gasteiger partial charge in [-0.25, -0.2) is 19.4 Å². The van der Waals surface area contributed by atoms with Crippen LogP contribution in [0.2, 0.25) is 5.02 Å². The number of carbonyl (C=O) groups is 1. The van der Waals surface area contributed by atoms with E-state index in [1.807, 2.05) is 19.1 Å². The van der Waals surface area contributed by atoms with E-state index in [2.05, 4.69) is 25.4 Å². The van der Waals surface area contributed by atoms with Gasteiger partial charge in [0.2, 0.25) is 0 Å². The Bertz CT molecular complexity index is 1230. The van der Waals surface area contributed by atoms with Gasteiger partial charge >= 0.3 is 6.09 Å². The molecule has 10 heteroatoms. The topological polar surface area (TPSA) is 118 Å². The van der Waals surface area contributed by atoms with Crippen LogP contribution in [0, 0.1) is 6.92 Å². The van der Waals surface area contributed by atoms with E-state index in [0.29, 0.717) is 22.0 Å². The molecule has 1 aromatic carbocycles. The molecule has 4 aromatic rings. The third kappa shape index (κ3) is 3.62. The van der Waals surface area contributed by atoms with E-state index in [9.17, 15) is 9.90 Å². The second-order valence-corrected chi connectivity index (χ2v) is 7.73. The molecule has 0 saturated heterocycles. The summed E-state index contributed by atoms with van der Waals surface area (Å²) in [7, 11) is 0. The summed E-state index contributed by atoms with van der Waals surface area (Å²) >= 11 is 6.10. The largest absolute Gasteiger partial charge is 0.413 e. The lowest BCUT2D eigenvalue weighted by molar-refractivity contribution is 0.159. The van der Waals surface area contributed by atoms with Crippen molar-refractivity contribution in [3.63, 3.8) is 0 Å². The minimum absolute atomic E-state index is 0.219. The Balaban J connectivity index is 1.72. The molecule has 1 amide bonds. The summed E-state index contributed by atoms with van der Waals surface area (Å²) in [5.41, 5.74) is 1.68. The average molecular weight is 415 g/mol. The third-order valence-corrected chi connectivity index (χ3v) is 4.65. The van der Waals surface area contributed by atoms with Gasteiger partial charge in [0.1, 0.15) is 0 Å². The molecule has 0 aliphatic rings. The molecule has 0 fully saturated rings. The van der Waals surface area contributed by atoms with Crippen LogP contribution in [-0.4, -0.2) is 48.1 Å². The highest BCUT2D eigenvalue weighted by atomic mass is 35.5. The predicted octanol–water partition coefficient (Wildman–Crippen LogP) is 3.12. The lowest BCUT2D eigenvalue weighted by Gasteiger charge is -2.22. The summed E-state index contributed by atoms with van der Waals surface area (Å²) in [6.07, 6.45) is 2.39. The Hall–Kier alpha value is -3.17. The number of aliphatic hydroxyl groups is 1. The maximum Gasteiger partial charge on any atom is 0.413 e. The lowest BCUT2D eigenvalue weighted by Crippen LogP contribution is -2.47. The molecule has 29 heavy (non-hydrogen) atoms. The van der Waals surface area contributed by atoms with Gasteiger partial charge in [-0.15, -0.1) is 0 Å². The van der Waals surface area contributed by atoms with E-state index in [-0.39, 0.29) is 12.4 Å². The van der Waals surface area contributed by atoms with Crippen LogP contribution in [0.5, 0.6) is 5.75 Å². The normalized spacial score (nSPS) is 11.9. The van der Waals surface area contributed by atoms with Crippen molar-refractivity contribution in [3.8, 4) is 11.6 Å². The summed E-state index contributed by atoms with van der Waals surface area (Å²) in [4.78, 5) is 24.0. The summed E-state index contributed by atoms with van der Waals surface area (Å²) in [5.74, 6) is 0.690. The van der Waals surface area contributed by atoms with Crippen LogP contribution in [-0.2, 0) is 0 Å². The van der Waals surface area contributed by atoms with Crippen molar-refractivity contribution in [1.29, 1.82) is 0 Å². The number of aryl methyl sites for hydroxylation is 1. The molecule has 0 aliphatic carbocycles. The first kappa shape index (κ1) is 19.2. The fourth-order valence-corrected chi connectivity index (χ4v) is 3.07. The van der Waals surface area contributed by atoms with Crippen molar-refractivity contribution in [1.82, 2.24) is 30.0 Å². The van der Waals surface area contributed by atoms with E-state index in [1.165, 1.54) is 6.20 Å². The molecule has 3 N–H and O–H groups in total. The number of benzene rings is 1. The SMILES string of the molecule is Cc1nn(-c2cnc3[nH]cc(OC(=O)NC(C)(C)CO)c3n2)c2ccc(Cl)cc12. The number of rotatable bonds is 4. The Morgan fingerprint density at radius 3 is 2.97 bits per heavy atom. The van der Waals surface area contributed by atoms with Gasteiger partial charge < -0.3 is 20.1 Å². The van der Waals surface area contributed by atoms with Crippen LogP contribution in [0.15, 0.2) is 30.6 Å². The zero-order valence-electron chi connectivity index (χ0n) is 16.0. The number of amides is 1. The van der Waals surface area contributed by atoms with Crippen molar-refractivity contribution >= 4 is 39.8 Å². The first-order valence-corrected chi connectivity index (χ1v) is 9.25. The van der Waals surface area contributed by atoms with Crippen molar-refractivity contribution in [3.05, 3.63) is 41.3 Å². The standard InChI is InChI=1S/C19H19ClN6O3/c1-10-12-6-11(20)4-5-13(12)26(25-10)15-8-22-17-16(23-15)14(7-21-17)29-18(28)24-19(2,3)9-27/h4-8,27H,9H2,1-3H3,(H,21,22)(H,24,28). The Labute approximate surface area is 170 Å². The van der Waals surface area contributed by atoms with Gasteiger partial charge in [0.05, 0.1) is 29.6 Å². The summed E-state index contributed by atoms with van der Waals surface area (Å²) in [6.45, 7) is 5.02. The second kappa shape index (κ2) is 7.02. The summed E-state index contributed by atoms with van der Waals surface area (Å²) in [6, 6.07) is 5.49. The number of hydrogen-bond donors (Lipinski definition) is 3. The number of aliphatic hydroxyl groups excluding tert-OH is 1. The molecule has 0 saturated carbocycles. The fourth-order valence-electron chi connectivity index (χ4n) is 2.90. The zero-order chi connectivity index (χ0) is 20.8. The third-order valence-electron chi connectivity index (χ3n) is 4.42. The quantitative estimate of drug-likeness (QED) is 0.472. The molecule has 0 bridgehead atoms. The Morgan fingerprint density at radius 2 is 2.21 bits per heavy atom. The van der Waals surface area contributed by atoms with Crippen LogP contribution < -0.4 is 10.1 Å². The van der Waals surface area contributed by atoms with Crippen molar-refractivity contribution in [2.24, 2.45) is 0 Å². The number of nitrogens with zero attached hydrogens (tertiary/aromatic N) is 4. The first-order chi connectivity index (χ1) is 13.8. The van der Waals surface area contributed by atoms with Gasteiger partial charge in [0.25, 0.3) is 0 Å². The number of aromatic nitrogens is 5. The molecule has 3 aromatic heterocycles. The monoisotopic (exact) mass is 414 g/mol. The fraction of sp³-hybridized carbons (Fsp3) is 0.263. The van der Waals surface area contributed by atoms with Crippen LogP contribution in [0.1, 0.15) is 19.5 Å². The number of aromatic amines is 1. The first-order valence-electron chi connectivity index (χ1n) is 8.88. The van der Waals surface area contributed by atoms with Crippen LogP contribution in [0.3, 0.4) is 0 Å². The minimum Gasteiger partial charge on any atom is -0.406 e. The van der Waals surface area contributed by atoms with Gasteiger partial charge in [-0.3, -0.25) is 0 Å². The minimum atomic E-state index is -0.813. The molecule has 0 aliphatic heterocycles. The van der Waals surface area contributed by atoms with Gasteiger partial charge in [0, 0.05) is 16.6 Å². The number of ether oxygens (including phenoxy) is 1. The molecule has 0 unspecified atom stereocenters. The highest BCUT2D eigenvalue weighted by Crippen LogP contribution is 2.27. The Kier molecular flexibility index (Phi) is 4.64. The Morgan fingerprint density at radius 1 is 1.41 bits per heavy atom. The van der Waals surface area contributed by atoms with E-state index in [4.69, 9.17) is 16.3 Å². The molecular weight excluding hydrogens is 396 g/mol. The van der Waals surface area contributed by atoms with Crippen LogP contribution >= 0.6 is 11.6 Å². The van der Waals surface area contributed by atoms with Gasteiger partial charge in [-0.1, -0.05) is 11.6 Å². The van der Waals surface area contributed by atoms with Crippen molar-refractivity contribution < 1.29 is 14.6 Å². The molecule has 0 spiro atoms. The van der Waals surface area contributed by atoms with Gasteiger partial charge in [-0.2, -0.15) is 5.10 Å². The maximum absolute atomic E-state index is 12.2. The molecule has 4 rings (SSSR count). The summed E-state index contributed by atoms with van der Waals surface area (Å²) < 4.78 is 7.03. The highest BCUT2D eigenvalue weighted by Gasteiger charge is 2.22. The zero-order valence-corrected chi connectivity index (χ0v) is 16.8. The van der Waals surface area contributed by atoms with Gasteiger partial charge in [-0.05, 0) is 39.0 Å². The summed E-state index contributed by atoms with van der Waals surface area (Å²) in [5, 5.41) is 18.0. The van der Waals surface area contributed by atoms with Crippen molar-refractivity contribution in [2.75, 3.05) is 6.61 Å². The number of carbonyl (C=O) groups excluding carboxylic acids is 1. The number of nitrogens with one attached hydrogen (secondary N) is 2. The molecule has 150 valence electrons. The number of halogens is 1. The highest BCUT2D eigenvalue weighted by molar-refractivity contribution is 6.31. The number of fused-ring (bicyclic) bond motifs is 2. The molecular formula is C19H19ClN6O3. The average Bonchev–Trinajstić information content (AvgIpc) is 3.22.